The third-order valence-corrected chi connectivity index (χ3v) is 3.31. The lowest BCUT2D eigenvalue weighted by molar-refractivity contribution is 0.107. The maximum Gasteiger partial charge on any atom is 0.123 e. The van der Waals surface area contributed by atoms with E-state index in [0.717, 1.165) is 16.9 Å². The Bertz CT molecular complexity index is 593. The fourth-order valence-electron chi connectivity index (χ4n) is 2.28. The van der Waals surface area contributed by atoms with Gasteiger partial charge < -0.3 is 14.6 Å². The molecule has 1 unspecified atom stereocenters. The number of benzene rings is 2. The largest absolute Gasteiger partial charge is 0.494 e. The van der Waals surface area contributed by atoms with Crippen molar-refractivity contribution in [2.45, 2.75) is 26.9 Å². The van der Waals surface area contributed by atoms with E-state index in [0.29, 0.717) is 12.4 Å². The molecule has 1 atom stereocenters. The lowest BCUT2D eigenvalue weighted by Crippen LogP contribution is -2.11. The van der Waals surface area contributed by atoms with E-state index >= 15 is 0 Å². The van der Waals surface area contributed by atoms with Crippen LogP contribution in [-0.4, -0.2) is 18.3 Å². The Kier molecular flexibility index (Phi) is 5.23. The summed E-state index contributed by atoms with van der Waals surface area (Å²) >= 11 is 0. The molecule has 0 amide bonds. The molecular formula is C18H22O3. The van der Waals surface area contributed by atoms with E-state index in [1.807, 2.05) is 57.2 Å². The normalized spacial score (nSPS) is 12.0. The van der Waals surface area contributed by atoms with Gasteiger partial charge in [-0.05, 0) is 44.0 Å². The first-order chi connectivity index (χ1) is 10.1. The number of rotatable bonds is 6. The monoisotopic (exact) mass is 286 g/mol. The van der Waals surface area contributed by atoms with Crippen LogP contribution in [0.1, 0.15) is 29.7 Å². The molecule has 3 nitrogen and oxygen atoms in total. The Labute approximate surface area is 126 Å². The first kappa shape index (κ1) is 15.4. The molecular weight excluding hydrogens is 264 g/mol. The number of aryl methyl sites for hydroxylation is 2. The van der Waals surface area contributed by atoms with Gasteiger partial charge in [-0.3, -0.25) is 0 Å². The van der Waals surface area contributed by atoms with Crippen molar-refractivity contribution in [2.75, 3.05) is 13.2 Å². The SMILES string of the molecule is CCOc1cccc(OCC(O)c2ccc(C)cc2C)c1. The van der Waals surface area contributed by atoms with Crippen LogP contribution in [0.5, 0.6) is 11.5 Å². The average Bonchev–Trinajstić information content (AvgIpc) is 2.45. The predicted molar refractivity (Wildman–Crippen MR) is 84.0 cm³/mol. The van der Waals surface area contributed by atoms with Gasteiger partial charge in [0.1, 0.15) is 24.2 Å². The molecule has 0 aromatic heterocycles. The second-order valence-electron chi connectivity index (χ2n) is 5.09. The van der Waals surface area contributed by atoms with Crippen LogP contribution in [0.3, 0.4) is 0 Å². The summed E-state index contributed by atoms with van der Waals surface area (Å²) in [7, 11) is 0. The summed E-state index contributed by atoms with van der Waals surface area (Å²) in [6, 6.07) is 13.5. The van der Waals surface area contributed by atoms with E-state index in [4.69, 9.17) is 9.47 Å². The summed E-state index contributed by atoms with van der Waals surface area (Å²) < 4.78 is 11.1. The number of hydrogen-bond donors (Lipinski definition) is 1. The molecule has 2 aromatic carbocycles. The van der Waals surface area contributed by atoms with Crippen LogP contribution in [-0.2, 0) is 0 Å². The highest BCUT2D eigenvalue weighted by atomic mass is 16.5. The van der Waals surface area contributed by atoms with Gasteiger partial charge in [0, 0.05) is 6.07 Å². The molecule has 0 aliphatic rings. The van der Waals surface area contributed by atoms with E-state index in [1.165, 1.54) is 5.56 Å². The molecule has 0 bridgehead atoms. The van der Waals surface area contributed by atoms with Crippen LogP contribution in [0.25, 0.3) is 0 Å². The second-order valence-corrected chi connectivity index (χ2v) is 5.09. The number of aliphatic hydroxyl groups is 1. The zero-order chi connectivity index (χ0) is 15.2. The van der Waals surface area contributed by atoms with Crippen LogP contribution in [0.2, 0.25) is 0 Å². The average molecular weight is 286 g/mol. The second kappa shape index (κ2) is 7.14. The molecule has 0 fully saturated rings. The van der Waals surface area contributed by atoms with Gasteiger partial charge in [-0.15, -0.1) is 0 Å². The highest BCUT2D eigenvalue weighted by molar-refractivity contribution is 5.34. The third-order valence-electron chi connectivity index (χ3n) is 3.31. The molecule has 0 aliphatic heterocycles. The number of hydrogen-bond acceptors (Lipinski definition) is 3. The van der Waals surface area contributed by atoms with E-state index in [-0.39, 0.29) is 6.61 Å². The standard InChI is InChI=1S/C18H22O3/c1-4-20-15-6-5-7-16(11-15)21-12-18(19)17-9-8-13(2)10-14(17)3/h5-11,18-19H,4,12H2,1-3H3. The Morgan fingerprint density at radius 1 is 1.00 bits per heavy atom. The van der Waals surface area contributed by atoms with Crippen LogP contribution in [0.4, 0.5) is 0 Å². The molecule has 0 radical (unpaired) electrons. The molecule has 0 heterocycles. The minimum atomic E-state index is -0.638. The van der Waals surface area contributed by atoms with Gasteiger partial charge in [-0.2, -0.15) is 0 Å². The first-order valence-corrected chi connectivity index (χ1v) is 7.21. The van der Waals surface area contributed by atoms with E-state index in [1.54, 1.807) is 0 Å². The van der Waals surface area contributed by atoms with Gasteiger partial charge in [-0.1, -0.05) is 29.8 Å². The van der Waals surface area contributed by atoms with E-state index in [2.05, 4.69) is 6.07 Å². The van der Waals surface area contributed by atoms with Crippen LogP contribution in [0.15, 0.2) is 42.5 Å². The number of aliphatic hydroxyl groups excluding tert-OH is 1. The molecule has 2 aromatic rings. The zero-order valence-corrected chi connectivity index (χ0v) is 12.8. The Morgan fingerprint density at radius 2 is 1.71 bits per heavy atom. The molecule has 2 rings (SSSR count). The molecule has 1 N–H and O–H groups in total. The lowest BCUT2D eigenvalue weighted by atomic mass is 10.0. The minimum absolute atomic E-state index is 0.222. The lowest BCUT2D eigenvalue weighted by Gasteiger charge is -2.16. The molecule has 3 heteroatoms. The molecule has 0 aliphatic carbocycles. The summed E-state index contributed by atoms with van der Waals surface area (Å²) in [4.78, 5) is 0. The van der Waals surface area contributed by atoms with Crippen molar-refractivity contribution in [1.82, 2.24) is 0 Å². The Morgan fingerprint density at radius 3 is 2.38 bits per heavy atom. The Hall–Kier alpha value is -2.00. The number of ether oxygens (including phenoxy) is 2. The van der Waals surface area contributed by atoms with Crippen molar-refractivity contribution in [3.8, 4) is 11.5 Å². The molecule has 0 saturated heterocycles. The van der Waals surface area contributed by atoms with Crippen molar-refractivity contribution < 1.29 is 14.6 Å². The van der Waals surface area contributed by atoms with Crippen molar-refractivity contribution in [3.05, 3.63) is 59.2 Å². The topological polar surface area (TPSA) is 38.7 Å². The molecule has 0 spiro atoms. The van der Waals surface area contributed by atoms with E-state index in [9.17, 15) is 5.11 Å². The van der Waals surface area contributed by atoms with Gasteiger partial charge >= 0.3 is 0 Å². The minimum Gasteiger partial charge on any atom is -0.494 e. The quantitative estimate of drug-likeness (QED) is 0.877. The van der Waals surface area contributed by atoms with Gasteiger partial charge in [0.25, 0.3) is 0 Å². The molecule has 21 heavy (non-hydrogen) atoms. The Balaban J connectivity index is 2.00. The summed E-state index contributed by atoms with van der Waals surface area (Å²) in [5.41, 5.74) is 3.17. The fourth-order valence-corrected chi connectivity index (χ4v) is 2.28. The van der Waals surface area contributed by atoms with Crippen molar-refractivity contribution in [1.29, 1.82) is 0 Å². The van der Waals surface area contributed by atoms with Gasteiger partial charge in [0.2, 0.25) is 0 Å². The summed E-state index contributed by atoms with van der Waals surface area (Å²) in [5, 5.41) is 10.3. The highest BCUT2D eigenvalue weighted by Crippen LogP contribution is 2.23. The van der Waals surface area contributed by atoms with Gasteiger partial charge in [0.05, 0.1) is 6.61 Å². The predicted octanol–water partition coefficient (Wildman–Crippen LogP) is 3.81. The maximum atomic E-state index is 10.3. The maximum absolute atomic E-state index is 10.3. The summed E-state index contributed by atoms with van der Waals surface area (Å²) in [5.74, 6) is 1.47. The third kappa shape index (κ3) is 4.23. The fraction of sp³-hybridized carbons (Fsp3) is 0.333. The van der Waals surface area contributed by atoms with Gasteiger partial charge in [-0.25, -0.2) is 0 Å². The van der Waals surface area contributed by atoms with Crippen LogP contribution >= 0.6 is 0 Å². The first-order valence-electron chi connectivity index (χ1n) is 7.21. The smallest absolute Gasteiger partial charge is 0.123 e. The van der Waals surface area contributed by atoms with E-state index < -0.39 is 6.10 Å². The summed E-state index contributed by atoms with van der Waals surface area (Å²) in [6.45, 7) is 6.83. The molecule has 0 saturated carbocycles. The van der Waals surface area contributed by atoms with Crippen molar-refractivity contribution in [3.63, 3.8) is 0 Å². The van der Waals surface area contributed by atoms with Crippen LogP contribution in [0, 0.1) is 13.8 Å². The van der Waals surface area contributed by atoms with Crippen molar-refractivity contribution in [2.24, 2.45) is 0 Å². The molecule has 112 valence electrons. The van der Waals surface area contributed by atoms with Gasteiger partial charge in [0.15, 0.2) is 0 Å². The summed E-state index contributed by atoms with van der Waals surface area (Å²) in [6.07, 6.45) is -0.638. The zero-order valence-electron chi connectivity index (χ0n) is 12.8. The highest BCUT2D eigenvalue weighted by Gasteiger charge is 2.11. The van der Waals surface area contributed by atoms with Crippen molar-refractivity contribution >= 4 is 0 Å². The van der Waals surface area contributed by atoms with Crippen LogP contribution < -0.4 is 9.47 Å².